The van der Waals surface area contributed by atoms with Crippen molar-refractivity contribution in [3.8, 4) is 17.2 Å². The molecular weight excluding hydrogens is 364 g/mol. The van der Waals surface area contributed by atoms with Crippen LogP contribution in [0.15, 0.2) is 60.8 Å². The number of hydrogen-bond donors (Lipinski definition) is 1. The zero-order valence-corrected chi connectivity index (χ0v) is 16.0. The van der Waals surface area contributed by atoms with Gasteiger partial charge < -0.3 is 19.5 Å². The van der Waals surface area contributed by atoms with Crippen LogP contribution in [-0.2, 0) is 13.2 Å². The highest BCUT2D eigenvalue weighted by atomic mass is 35.5. The van der Waals surface area contributed by atoms with Crippen LogP contribution < -0.4 is 19.5 Å². The molecule has 1 N–H and O–H groups in total. The van der Waals surface area contributed by atoms with Gasteiger partial charge >= 0.3 is 0 Å². The molecule has 5 nitrogen and oxygen atoms in total. The number of pyridine rings is 1. The van der Waals surface area contributed by atoms with Crippen LogP contribution >= 0.6 is 11.6 Å². The Hall–Kier alpha value is -2.92. The maximum atomic E-state index is 5.85. The van der Waals surface area contributed by atoms with Crippen LogP contribution in [0.25, 0.3) is 0 Å². The van der Waals surface area contributed by atoms with Crippen molar-refractivity contribution in [3.63, 3.8) is 0 Å². The van der Waals surface area contributed by atoms with E-state index in [2.05, 4.69) is 10.3 Å². The van der Waals surface area contributed by atoms with E-state index < -0.39 is 0 Å². The molecule has 0 amide bonds. The molecule has 2 aromatic carbocycles. The van der Waals surface area contributed by atoms with Gasteiger partial charge in [0.2, 0.25) is 0 Å². The second-order valence-electron chi connectivity index (χ2n) is 5.85. The Morgan fingerprint density at radius 1 is 0.889 bits per heavy atom. The Balaban J connectivity index is 1.61. The molecule has 27 heavy (non-hydrogen) atoms. The van der Waals surface area contributed by atoms with Gasteiger partial charge in [-0.2, -0.15) is 0 Å². The van der Waals surface area contributed by atoms with Gasteiger partial charge in [-0.15, -0.1) is 0 Å². The van der Waals surface area contributed by atoms with E-state index in [9.17, 15) is 0 Å². The highest BCUT2D eigenvalue weighted by Gasteiger charge is 2.07. The number of ether oxygens (including phenoxy) is 3. The average Bonchev–Trinajstić information content (AvgIpc) is 2.72. The van der Waals surface area contributed by atoms with E-state index in [-0.39, 0.29) is 0 Å². The van der Waals surface area contributed by atoms with Crippen molar-refractivity contribution >= 4 is 17.3 Å². The fraction of sp³-hybridized carbons (Fsp3) is 0.190. The number of anilines is 1. The molecule has 3 rings (SSSR count). The second-order valence-corrected chi connectivity index (χ2v) is 6.23. The molecule has 1 aromatic heterocycles. The van der Waals surface area contributed by atoms with Gasteiger partial charge in [0.15, 0.2) is 11.5 Å². The van der Waals surface area contributed by atoms with Gasteiger partial charge in [-0.05, 0) is 48.0 Å². The van der Waals surface area contributed by atoms with E-state index >= 15 is 0 Å². The third kappa shape index (κ3) is 5.28. The summed E-state index contributed by atoms with van der Waals surface area (Å²) in [4.78, 5) is 4.05. The Morgan fingerprint density at radius 2 is 1.67 bits per heavy atom. The van der Waals surface area contributed by atoms with Crippen LogP contribution in [-0.4, -0.2) is 19.2 Å². The fourth-order valence-corrected chi connectivity index (χ4v) is 2.62. The molecule has 0 radical (unpaired) electrons. The van der Waals surface area contributed by atoms with E-state index in [0.717, 1.165) is 22.6 Å². The Morgan fingerprint density at radius 3 is 2.33 bits per heavy atom. The molecule has 0 spiro atoms. The monoisotopic (exact) mass is 384 g/mol. The Bertz CT molecular complexity index is 868. The minimum absolute atomic E-state index is 0.393. The molecular formula is C21H21ClN2O3. The molecule has 6 heteroatoms. The summed E-state index contributed by atoms with van der Waals surface area (Å²) in [7, 11) is 3.29. The number of rotatable bonds is 8. The lowest BCUT2D eigenvalue weighted by Crippen LogP contribution is -2.02. The van der Waals surface area contributed by atoms with Crippen LogP contribution in [0, 0.1) is 0 Å². The van der Waals surface area contributed by atoms with Gasteiger partial charge in [0.05, 0.1) is 14.2 Å². The standard InChI is InChI=1S/C21H21ClN2O3/c1-25-18-7-5-17(6-8-18)23-12-15-3-9-19(20(11-15)26-2)27-14-16-4-10-21(22)24-13-16/h3-11,13,23H,12,14H2,1-2H3. The first-order valence-corrected chi connectivity index (χ1v) is 8.84. The summed E-state index contributed by atoms with van der Waals surface area (Å²) in [5.74, 6) is 2.20. The van der Waals surface area contributed by atoms with Gasteiger partial charge in [-0.25, -0.2) is 4.98 Å². The van der Waals surface area contributed by atoms with E-state index in [0.29, 0.717) is 29.8 Å². The van der Waals surface area contributed by atoms with Crippen LogP contribution in [0.1, 0.15) is 11.1 Å². The number of aromatic nitrogens is 1. The third-order valence-electron chi connectivity index (χ3n) is 4.00. The molecule has 0 bridgehead atoms. The van der Waals surface area contributed by atoms with Crippen molar-refractivity contribution in [3.05, 3.63) is 77.1 Å². The summed E-state index contributed by atoms with van der Waals surface area (Å²) < 4.78 is 16.5. The van der Waals surface area contributed by atoms with Gasteiger partial charge in [-0.3, -0.25) is 0 Å². The summed E-state index contributed by atoms with van der Waals surface area (Å²) in [5, 5.41) is 3.84. The quantitative estimate of drug-likeness (QED) is 0.557. The molecule has 0 aliphatic carbocycles. The summed E-state index contributed by atoms with van der Waals surface area (Å²) in [6.45, 7) is 1.06. The van der Waals surface area contributed by atoms with Crippen molar-refractivity contribution in [2.75, 3.05) is 19.5 Å². The fourth-order valence-electron chi connectivity index (χ4n) is 2.51. The molecule has 3 aromatic rings. The number of hydrogen-bond acceptors (Lipinski definition) is 5. The molecule has 140 valence electrons. The topological polar surface area (TPSA) is 52.6 Å². The Labute approximate surface area is 163 Å². The van der Waals surface area contributed by atoms with Crippen molar-refractivity contribution in [2.45, 2.75) is 13.2 Å². The molecule has 0 saturated heterocycles. The molecule has 0 saturated carbocycles. The first kappa shape index (κ1) is 18.9. The van der Waals surface area contributed by atoms with Gasteiger partial charge in [0, 0.05) is 24.0 Å². The largest absolute Gasteiger partial charge is 0.497 e. The van der Waals surface area contributed by atoms with E-state index in [1.165, 1.54) is 0 Å². The maximum Gasteiger partial charge on any atom is 0.161 e. The molecule has 0 fully saturated rings. The van der Waals surface area contributed by atoms with Crippen LogP contribution in [0.2, 0.25) is 5.15 Å². The SMILES string of the molecule is COc1ccc(NCc2ccc(OCc3ccc(Cl)nc3)c(OC)c2)cc1. The lowest BCUT2D eigenvalue weighted by molar-refractivity contribution is 0.284. The van der Waals surface area contributed by atoms with Crippen molar-refractivity contribution in [1.29, 1.82) is 0 Å². The summed E-state index contributed by atoms with van der Waals surface area (Å²) in [5.41, 5.74) is 3.04. The minimum atomic E-state index is 0.393. The molecule has 1 heterocycles. The van der Waals surface area contributed by atoms with Crippen molar-refractivity contribution in [2.24, 2.45) is 0 Å². The number of nitrogens with one attached hydrogen (secondary N) is 1. The van der Waals surface area contributed by atoms with Gasteiger partial charge in [0.25, 0.3) is 0 Å². The number of benzene rings is 2. The molecule has 0 aliphatic heterocycles. The normalized spacial score (nSPS) is 10.3. The smallest absolute Gasteiger partial charge is 0.161 e. The Kier molecular flexibility index (Phi) is 6.39. The summed E-state index contributed by atoms with van der Waals surface area (Å²) in [6.07, 6.45) is 1.70. The average molecular weight is 385 g/mol. The molecule has 0 unspecified atom stereocenters. The maximum absolute atomic E-state index is 5.85. The predicted octanol–water partition coefficient (Wildman–Crippen LogP) is 4.94. The van der Waals surface area contributed by atoms with Crippen LogP contribution in [0.5, 0.6) is 17.2 Å². The zero-order chi connectivity index (χ0) is 19.1. The zero-order valence-electron chi connectivity index (χ0n) is 15.2. The highest BCUT2D eigenvalue weighted by molar-refractivity contribution is 6.29. The first-order chi connectivity index (χ1) is 13.2. The lowest BCUT2D eigenvalue weighted by atomic mass is 10.2. The lowest BCUT2D eigenvalue weighted by Gasteiger charge is -2.13. The van der Waals surface area contributed by atoms with E-state index in [1.54, 1.807) is 26.5 Å². The summed E-state index contributed by atoms with van der Waals surface area (Å²) >= 11 is 5.80. The minimum Gasteiger partial charge on any atom is -0.497 e. The van der Waals surface area contributed by atoms with Gasteiger partial charge in [-0.1, -0.05) is 23.7 Å². The second kappa shape index (κ2) is 9.14. The van der Waals surface area contributed by atoms with Crippen molar-refractivity contribution in [1.82, 2.24) is 4.98 Å². The van der Waals surface area contributed by atoms with Gasteiger partial charge in [0.1, 0.15) is 17.5 Å². The van der Waals surface area contributed by atoms with Crippen LogP contribution in [0.4, 0.5) is 5.69 Å². The number of halogens is 1. The number of methoxy groups -OCH3 is 2. The summed E-state index contributed by atoms with van der Waals surface area (Å²) in [6, 6.07) is 17.3. The first-order valence-electron chi connectivity index (χ1n) is 8.46. The molecule has 0 atom stereocenters. The van der Waals surface area contributed by atoms with Crippen LogP contribution in [0.3, 0.4) is 0 Å². The third-order valence-corrected chi connectivity index (χ3v) is 4.22. The highest BCUT2D eigenvalue weighted by Crippen LogP contribution is 2.29. The van der Waals surface area contributed by atoms with Crippen molar-refractivity contribution < 1.29 is 14.2 Å². The predicted molar refractivity (Wildman–Crippen MR) is 107 cm³/mol. The van der Waals surface area contributed by atoms with E-state index in [1.807, 2.05) is 48.5 Å². The van der Waals surface area contributed by atoms with E-state index in [4.69, 9.17) is 25.8 Å². The number of nitrogens with zero attached hydrogens (tertiary/aromatic N) is 1. The molecule has 0 aliphatic rings.